The Hall–Kier alpha value is -2.16. The molecular weight excluding hydrogens is 321 g/mol. The monoisotopic (exact) mass is 338 g/mol. The molecule has 1 aliphatic rings. The molecule has 3 heterocycles. The second-order valence-corrected chi connectivity index (χ2v) is 6.30. The van der Waals surface area contributed by atoms with Crippen molar-refractivity contribution in [3.05, 3.63) is 24.3 Å². The number of hydrogen-bond acceptors (Lipinski definition) is 4. The van der Waals surface area contributed by atoms with Crippen LogP contribution in [-0.2, 0) is 0 Å². The number of aromatic nitrogens is 5. The van der Waals surface area contributed by atoms with E-state index in [2.05, 4.69) is 25.6 Å². The average molecular weight is 338 g/mol. The molecule has 3 aromatic rings. The van der Waals surface area contributed by atoms with E-state index in [0.29, 0.717) is 12.8 Å². The lowest BCUT2D eigenvalue weighted by Crippen LogP contribution is -2.39. The van der Waals surface area contributed by atoms with E-state index in [1.54, 1.807) is 10.8 Å². The zero-order valence-electron chi connectivity index (χ0n) is 12.8. The number of halogens is 3. The van der Waals surface area contributed by atoms with Gasteiger partial charge in [-0.3, -0.25) is 0 Å². The minimum Gasteiger partial charge on any atom is -0.346 e. The van der Waals surface area contributed by atoms with Gasteiger partial charge in [0.15, 0.2) is 0 Å². The van der Waals surface area contributed by atoms with E-state index in [-0.39, 0.29) is 12.0 Å². The van der Waals surface area contributed by atoms with Crippen LogP contribution in [0.4, 0.5) is 13.2 Å². The molecule has 9 heteroatoms. The van der Waals surface area contributed by atoms with Crippen LogP contribution in [0.15, 0.2) is 18.6 Å². The van der Waals surface area contributed by atoms with Crippen molar-refractivity contribution < 1.29 is 13.2 Å². The first-order chi connectivity index (χ1) is 11.5. The number of alkyl halides is 3. The number of H-pyrrole nitrogens is 1. The summed E-state index contributed by atoms with van der Waals surface area (Å²) in [6.45, 7) is -0.924. The van der Waals surface area contributed by atoms with E-state index in [1.807, 2.05) is 12.3 Å². The van der Waals surface area contributed by atoms with Crippen LogP contribution in [-0.4, -0.2) is 43.6 Å². The first-order valence-corrected chi connectivity index (χ1v) is 7.98. The molecule has 24 heavy (non-hydrogen) atoms. The fourth-order valence-electron chi connectivity index (χ4n) is 3.52. The zero-order valence-corrected chi connectivity index (χ0v) is 12.8. The molecule has 0 aliphatic heterocycles. The van der Waals surface area contributed by atoms with Gasteiger partial charge in [0, 0.05) is 23.5 Å². The lowest BCUT2D eigenvalue weighted by Gasteiger charge is -2.28. The van der Waals surface area contributed by atoms with Crippen LogP contribution in [0, 0.1) is 0 Å². The first-order valence-electron chi connectivity index (χ1n) is 7.98. The second-order valence-electron chi connectivity index (χ2n) is 6.30. The molecule has 0 bridgehead atoms. The van der Waals surface area contributed by atoms with Crippen molar-refractivity contribution in [3.8, 4) is 0 Å². The highest BCUT2D eigenvalue weighted by Crippen LogP contribution is 2.35. The molecule has 1 fully saturated rings. The zero-order chi connectivity index (χ0) is 16.7. The van der Waals surface area contributed by atoms with E-state index in [0.717, 1.165) is 35.1 Å². The molecule has 0 aromatic carbocycles. The smallest absolute Gasteiger partial charge is 0.346 e. The number of nitrogens with one attached hydrogen (secondary N) is 2. The minimum absolute atomic E-state index is 0.0846. The van der Waals surface area contributed by atoms with Gasteiger partial charge in [0.2, 0.25) is 0 Å². The molecule has 3 aromatic heterocycles. The molecule has 1 aliphatic carbocycles. The van der Waals surface area contributed by atoms with Gasteiger partial charge in [-0.2, -0.15) is 13.2 Å². The van der Waals surface area contributed by atoms with Crippen LogP contribution >= 0.6 is 0 Å². The molecule has 4 rings (SSSR count). The lowest BCUT2D eigenvalue weighted by atomic mass is 9.83. The van der Waals surface area contributed by atoms with Crippen molar-refractivity contribution in [2.45, 2.75) is 43.8 Å². The maximum atomic E-state index is 12.3. The van der Waals surface area contributed by atoms with E-state index >= 15 is 0 Å². The third-order valence-electron chi connectivity index (χ3n) is 4.70. The number of aromatic amines is 1. The summed E-state index contributed by atoms with van der Waals surface area (Å²) in [6.07, 6.45) is 2.32. The molecule has 0 amide bonds. The van der Waals surface area contributed by atoms with Gasteiger partial charge in [0.1, 0.15) is 17.5 Å². The maximum absolute atomic E-state index is 12.3. The van der Waals surface area contributed by atoms with Crippen molar-refractivity contribution in [2.24, 2.45) is 0 Å². The van der Waals surface area contributed by atoms with Gasteiger partial charge < -0.3 is 10.3 Å². The third kappa shape index (κ3) is 2.83. The third-order valence-corrected chi connectivity index (χ3v) is 4.70. The number of fused-ring (bicyclic) bond motifs is 3. The standard InChI is InChI=1S/C15H17F3N6/c16-15(17,18)7-20-10-3-1-9(2-4-10)12-13-11-5-6-19-14(11)21-8-24(13)23-22-12/h5-6,8-10,19-20H,1-4,7H2. The summed E-state index contributed by atoms with van der Waals surface area (Å²) in [5, 5.41) is 12.0. The van der Waals surface area contributed by atoms with E-state index < -0.39 is 12.7 Å². The normalized spacial score (nSPS) is 22.5. The van der Waals surface area contributed by atoms with Gasteiger partial charge in [-0.1, -0.05) is 5.21 Å². The summed E-state index contributed by atoms with van der Waals surface area (Å²) in [5.74, 6) is 0.215. The summed E-state index contributed by atoms with van der Waals surface area (Å²) >= 11 is 0. The lowest BCUT2D eigenvalue weighted by molar-refractivity contribution is -0.126. The highest BCUT2D eigenvalue weighted by atomic mass is 19.4. The summed E-state index contributed by atoms with van der Waals surface area (Å²) in [5.41, 5.74) is 2.64. The van der Waals surface area contributed by atoms with Crippen LogP contribution in [0.2, 0.25) is 0 Å². The fraction of sp³-hybridized carbons (Fsp3) is 0.533. The maximum Gasteiger partial charge on any atom is 0.401 e. The Kier molecular flexibility index (Phi) is 3.67. The number of rotatable bonds is 3. The number of nitrogens with zero attached hydrogens (tertiary/aromatic N) is 4. The molecule has 0 atom stereocenters. The van der Waals surface area contributed by atoms with Crippen molar-refractivity contribution >= 4 is 16.6 Å². The van der Waals surface area contributed by atoms with Crippen molar-refractivity contribution in [1.29, 1.82) is 0 Å². The summed E-state index contributed by atoms with van der Waals surface area (Å²) in [7, 11) is 0. The highest BCUT2D eigenvalue weighted by Gasteiger charge is 2.31. The van der Waals surface area contributed by atoms with Crippen molar-refractivity contribution in [3.63, 3.8) is 0 Å². The first kappa shape index (κ1) is 15.4. The van der Waals surface area contributed by atoms with Crippen molar-refractivity contribution in [1.82, 2.24) is 30.1 Å². The molecule has 2 N–H and O–H groups in total. The predicted molar refractivity (Wildman–Crippen MR) is 81.7 cm³/mol. The predicted octanol–water partition coefficient (Wildman–Crippen LogP) is 2.78. The Labute approximate surface area is 135 Å². The molecule has 0 spiro atoms. The van der Waals surface area contributed by atoms with E-state index in [4.69, 9.17) is 0 Å². The Balaban J connectivity index is 1.52. The van der Waals surface area contributed by atoms with Gasteiger partial charge in [0.05, 0.1) is 12.2 Å². The molecule has 0 radical (unpaired) electrons. The van der Waals surface area contributed by atoms with Crippen LogP contribution in [0.25, 0.3) is 16.6 Å². The highest BCUT2D eigenvalue weighted by molar-refractivity contribution is 5.92. The van der Waals surface area contributed by atoms with Gasteiger partial charge >= 0.3 is 6.18 Å². The van der Waals surface area contributed by atoms with E-state index in [1.165, 1.54) is 0 Å². The molecule has 6 nitrogen and oxygen atoms in total. The number of hydrogen-bond donors (Lipinski definition) is 2. The fourth-order valence-corrected chi connectivity index (χ4v) is 3.52. The minimum atomic E-state index is -4.16. The molecule has 0 unspecified atom stereocenters. The Bertz CT molecular complexity index is 844. The van der Waals surface area contributed by atoms with Crippen LogP contribution in [0.1, 0.15) is 37.3 Å². The molecule has 1 saturated carbocycles. The Morgan fingerprint density at radius 1 is 1.25 bits per heavy atom. The van der Waals surface area contributed by atoms with Gasteiger partial charge in [-0.25, -0.2) is 9.50 Å². The van der Waals surface area contributed by atoms with Crippen LogP contribution in [0.5, 0.6) is 0 Å². The molecule has 0 saturated heterocycles. The largest absolute Gasteiger partial charge is 0.401 e. The Morgan fingerprint density at radius 3 is 2.79 bits per heavy atom. The quantitative estimate of drug-likeness (QED) is 0.770. The summed E-state index contributed by atoms with van der Waals surface area (Å²) in [4.78, 5) is 7.35. The van der Waals surface area contributed by atoms with Gasteiger partial charge in [-0.05, 0) is 31.7 Å². The molecular formula is C15H17F3N6. The van der Waals surface area contributed by atoms with Crippen molar-refractivity contribution in [2.75, 3.05) is 6.54 Å². The van der Waals surface area contributed by atoms with Crippen LogP contribution in [0.3, 0.4) is 0 Å². The van der Waals surface area contributed by atoms with Gasteiger partial charge in [0.25, 0.3) is 0 Å². The topological polar surface area (TPSA) is 70.9 Å². The summed E-state index contributed by atoms with van der Waals surface area (Å²) in [6, 6.07) is 1.86. The van der Waals surface area contributed by atoms with E-state index in [9.17, 15) is 13.2 Å². The summed E-state index contributed by atoms with van der Waals surface area (Å²) < 4.78 is 38.6. The average Bonchev–Trinajstić information content (AvgIpc) is 3.18. The Morgan fingerprint density at radius 2 is 2.04 bits per heavy atom. The van der Waals surface area contributed by atoms with Gasteiger partial charge in [-0.15, -0.1) is 5.10 Å². The molecule has 128 valence electrons. The second kappa shape index (κ2) is 5.73. The van der Waals surface area contributed by atoms with Crippen LogP contribution < -0.4 is 5.32 Å². The SMILES string of the molecule is FC(F)(F)CNC1CCC(c2nnn3cnc4[nH]ccc4c23)CC1.